The van der Waals surface area contributed by atoms with E-state index in [0.29, 0.717) is 19.8 Å². The van der Waals surface area contributed by atoms with Gasteiger partial charge in [-0.2, -0.15) is 0 Å². The zero-order valence-corrected chi connectivity index (χ0v) is 14.8. The number of carbonyl (C=O) groups is 1. The summed E-state index contributed by atoms with van der Waals surface area (Å²) in [4.78, 5) is 22.7. The molecular formula is C20H20N4O3. The number of fused-ring (bicyclic) bond motifs is 1. The number of benzene rings is 2. The summed E-state index contributed by atoms with van der Waals surface area (Å²) in [5.74, 6) is 0.613. The minimum absolute atomic E-state index is 0.276. The van der Waals surface area contributed by atoms with Crippen molar-refractivity contribution in [3.8, 4) is 0 Å². The number of anilines is 2. The van der Waals surface area contributed by atoms with E-state index in [-0.39, 0.29) is 5.56 Å². The van der Waals surface area contributed by atoms with Gasteiger partial charge < -0.3 is 20.1 Å². The molecule has 4 rings (SSSR count). The van der Waals surface area contributed by atoms with Crippen molar-refractivity contribution >= 4 is 28.6 Å². The molecule has 0 unspecified atom stereocenters. The van der Waals surface area contributed by atoms with Crippen LogP contribution in [0.1, 0.15) is 15.9 Å². The van der Waals surface area contributed by atoms with Crippen LogP contribution in [-0.2, 0) is 11.3 Å². The van der Waals surface area contributed by atoms with Crippen LogP contribution in [-0.4, -0.2) is 47.3 Å². The van der Waals surface area contributed by atoms with E-state index in [1.165, 1.54) is 0 Å². The molecule has 1 fully saturated rings. The SMILES string of the molecule is O=C(O)c1ccc(CNc2nc3ccccc3nc2N2CCOCC2)cc1. The van der Waals surface area contributed by atoms with E-state index in [4.69, 9.17) is 19.8 Å². The maximum Gasteiger partial charge on any atom is 0.335 e. The monoisotopic (exact) mass is 364 g/mol. The molecule has 0 bridgehead atoms. The summed E-state index contributed by atoms with van der Waals surface area (Å²) in [6, 6.07) is 14.6. The largest absolute Gasteiger partial charge is 0.478 e. The number of morpholine rings is 1. The quantitative estimate of drug-likeness (QED) is 0.720. The zero-order chi connectivity index (χ0) is 18.6. The third-order valence-corrected chi connectivity index (χ3v) is 4.52. The second-order valence-electron chi connectivity index (χ2n) is 6.34. The molecule has 138 valence electrons. The van der Waals surface area contributed by atoms with Crippen molar-refractivity contribution in [3.05, 3.63) is 59.7 Å². The van der Waals surface area contributed by atoms with E-state index in [0.717, 1.165) is 41.3 Å². The maximum atomic E-state index is 11.0. The van der Waals surface area contributed by atoms with Gasteiger partial charge in [0.25, 0.3) is 0 Å². The van der Waals surface area contributed by atoms with Crippen LogP contribution in [0, 0.1) is 0 Å². The summed E-state index contributed by atoms with van der Waals surface area (Å²) in [5.41, 5.74) is 2.94. The first kappa shape index (κ1) is 17.2. The molecule has 7 nitrogen and oxygen atoms in total. The molecule has 1 aliphatic heterocycles. The Hall–Kier alpha value is -3.19. The first-order chi connectivity index (χ1) is 13.2. The van der Waals surface area contributed by atoms with Gasteiger partial charge in [0.1, 0.15) is 0 Å². The van der Waals surface area contributed by atoms with Crippen LogP contribution in [0.25, 0.3) is 11.0 Å². The van der Waals surface area contributed by atoms with Crippen LogP contribution in [0.4, 0.5) is 11.6 Å². The Bertz CT molecular complexity index is 953. The molecule has 0 atom stereocenters. The smallest absolute Gasteiger partial charge is 0.335 e. The molecular weight excluding hydrogens is 344 g/mol. The molecule has 0 spiro atoms. The van der Waals surface area contributed by atoms with Crippen molar-refractivity contribution in [2.75, 3.05) is 36.5 Å². The summed E-state index contributed by atoms with van der Waals surface area (Å²) < 4.78 is 5.45. The van der Waals surface area contributed by atoms with Gasteiger partial charge in [0.05, 0.1) is 29.8 Å². The first-order valence-corrected chi connectivity index (χ1v) is 8.86. The number of carboxylic acids is 1. The Morgan fingerprint density at radius 2 is 1.70 bits per heavy atom. The highest BCUT2D eigenvalue weighted by Gasteiger charge is 2.18. The third-order valence-electron chi connectivity index (χ3n) is 4.52. The second kappa shape index (κ2) is 7.59. The number of aromatic carboxylic acids is 1. The van der Waals surface area contributed by atoms with E-state index in [1.54, 1.807) is 24.3 Å². The first-order valence-electron chi connectivity index (χ1n) is 8.86. The number of hydrogen-bond donors (Lipinski definition) is 2. The van der Waals surface area contributed by atoms with Crippen molar-refractivity contribution in [1.82, 2.24) is 9.97 Å². The van der Waals surface area contributed by atoms with Crippen molar-refractivity contribution in [3.63, 3.8) is 0 Å². The van der Waals surface area contributed by atoms with Gasteiger partial charge in [-0.05, 0) is 29.8 Å². The Kier molecular flexibility index (Phi) is 4.84. The minimum Gasteiger partial charge on any atom is -0.478 e. The van der Waals surface area contributed by atoms with Crippen molar-refractivity contribution in [2.24, 2.45) is 0 Å². The van der Waals surface area contributed by atoms with Crippen LogP contribution < -0.4 is 10.2 Å². The summed E-state index contributed by atoms with van der Waals surface area (Å²) in [6.45, 7) is 3.42. The number of ether oxygens (including phenoxy) is 1. The number of para-hydroxylation sites is 2. The highest BCUT2D eigenvalue weighted by atomic mass is 16.5. The van der Waals surface area contributed by atoms with Gasteiger partial charge in [0.15, 0.2) is 11.6 Å². The molecule has 7 heteroatoms. The second-order valence-corrected chi connectivity index (χ2v) is 6.34. The molecule has 0 radical (unpaired) electrons. The van der Waals surface area contributed by atoms with E-state index in [2.05, 4.69) is 10.2 Å². The number of nitrogens with one attached hydrogen (secondary N) is 1. The van der Waals surface area contributed by atoms with Gasteiger partial charge in [0, 0.05) is 19.6 Å². The van der Waals surface area contributed by atoms with Gasteiger partial charge in [-0.1, -0.05) is 24.3 Å². The number of aromatic nitrogens is 2. The Morgan fingerprint density at radius 3 is 2.37 bits per heavy atom. The number of carboxylic acid groups (broad SMARTS) is 1. The topological polar surface area (TPSA) is 87.6 Å². The van der Waals surface area contributed by atoms with E-state index >= 15 is 0 Å². The lowest BCUT2D eigenvalue weighted by Gasteiger charge is -2.29. The zero-order valence-electron chi connectivity index (χ0n) is 14.8. The fourth-order valence-corrected chi connectivity index (χ4v) is 3.06. The standard InChI is InChI=1S/C20H20N4O3/c25-20(26)15-7-5-14(6-8-15)13-21-18-19(24-9-11-27-12-10-24)23-17-4-2-1-3-16(17)22-18/h1-8H,9-13H2,(H,21,22)(H,25,26). The fourth-order valence-electron chi connectivity index (χ4n) is 3.06. The normalized spacial score (nSPS) is 14.3. The van der Waals surface area contributed by atoms with Crippen molar-refractivity contribution in [1.29, 1.82) is 0 Å². The Morgan fingerprint density at radius 1 is 1.04 bits per heavy atom. The van der Waals surface area contributed by atoms with Crippen LogP contribution in [0.2, 0.25) is 0 Å². The van der Waals surface area contributed by atoms with E-state index < -0.39 is 5.97 Å². The molecule has 2 heterocycles. The molecule has 1 aromatic heterocycles. The highest BCUT2D eigenvalue weighted by Crippen LogP contribution is 2.26. The minimum atomic E-state index is -0.926. The molecule has 1 aliphatic rings. The lowest BCUT2D eigenvalue weighted by atomic mass is 10.1. The fraction of sp³-hybridized carbons (Fsp3) is 0.250. The molecule has 27 heavy (non-hydrogen) atoms. The highest BCUT2D eigenvalue weighted by molar-refractivity contribution is 5.87. The molecule has 3 aromatic rings. The van der Waals surface area contributed by atoms with Crippen LogP contribution >= 0.6 is 0 Å². The average molecular weight is 364 g/mol. The maximum absolute atomic E-state index is 11.0. The predicted octanol–water partition coefficient (Wildman–Crippen LogP) is 2.78. The number of hydrogen-bond acceptors (Lipinski definition) is 6. The Labute approximate surface area is 156 Å². The summed E-state index contributed by atoms with van der Waals surface area (Å²) in [5, 5.41) is 12.4. The average Bonchev–Trinajstić information content (AvgIpc) is 2.72. The number of rotatable bonds is 5. The molecule has 0 saturated carbocycles. The van der Waals surface area contributed by atoms with E-state index in [9.17, 15) is 4.79 Å². The molecule has 2 N–H and O–H groups in total. The third kappa shape index (κ3) is 3.83. The lowest BCUT2D eigenvalue weighted by molar-refractivity contribution is 0.0697. The van der Waals surface area contributed by atoms with Crippen molar-refractivity contribution in [2.45, 2.75) is 6.54 Å². The molecule has 1 saturated heterocycles. The Balaban J connectivity index is 1.61. The molecule has 2 aromatic carbocycles. The van der Waals surface area contributed by atoms with Crippen LogP contribution in [0.3, 0.4) is 0 Å². The van der Waals surface area contributed by atoms with Crippen molar-refractivity contribution < 1.29 is 14.6 Å². The van der Waals surface area contributed by atoms with Gasteiger partial charge >= 0.3 is 5.97 Å². The molecule has 0 aliphatic carbocycles. The van der Waals surface area contributed by atoms with Gasteiger partial charge in [-0.15, -0.1) is 0 Å². The van der Waals surface area contributed by atoms with Gasteiger partial charge in [0.2, 0.25) is 0 Å². The molecule has 0 amide bonds. The van der Waals surface area contributed by atoms with Crippen LogP contribution in [0.5, 0.6) is 0 Å². The van der Waals surface area contributed by atoms with Gasteiger partial charge in [-0.3, -0.25) is 0 Å². The van der Waals surface area contributed by atoms with E-state index in [1.807, 2.05) is 24.3 Å². The van der Waals surface area contributed by atoms with Crippen LogP contribution in [0.15, 0.2) is 48.5 Å². The summed E-state index contributed by atoms with van der Waals surface area (Å²) in [7, 11) is 0. The van der Waals surface area contributed by atoms with Gasteiger partial charge in [-0.25, -0.2) is 14.8 Å². The lowest BCUT2D eigenvalue weighted by Crippen LogP contribution is -2.37. The number of nitrogens with zero attached hydrogens (tertiary/aromatic N) is 3. The summed E-state index contributed by atoms with van der Waals surface area (Å²) >= 11 is 0. The predicted molar refractivity (Wildman–Crippen MR) is 103 cm³/mol. The summed E-state index contributed by atoms with van der Waals surface area (Å²) in [6.07, 6.45) is 0.